The number of ketones is 1. The van der Waals surface area contributed by atoms with Gasteiger partial charge in [0.25, 0.3) is 0 Å². The summed E-state index contributed by atoms with van der Waals surface area (Å²) in [6.07, 6.45) is 3.08. The Morgan fingerprint density at radius 1 is 1.18 bits per heavy atom. The number of nitrogens with zero attached hydrogens (tertiary/aromatic N) is 1. The highest BCUT2D eigenvalue weighted by Crippen LogP contribution is 2.16. The zero-order valence-electron chi connectivity index (χ0n) is 9.70. The van der Waals surface area contributed by atoms with Crippen LogP contribution in [0.15, 0.2) is 36.7 Å². The number of aryl methyl sites for hydroxylation is 2. The molecule has 3 heteroatoms. The SMILES string of the molecule is Cc1ccc(C(=O)c2cnccc2C)c(F)c1. The molecule has 0 unspecified atom stereocenters. The molecule has 0 saturated carbocycles. The molecule has 2 rings (SSSR count). The number of rotatable bonds is 2. The summed E-state index contributed by atoms with van der Waals surface area (Å²) in [7, 11) is 0. The molecule has 17 heavy (non-hydrogen) atoms. The Morgan fingerprint density at radius 2 is 1.94 bits per heavy atom. The Morgan fingerprint density at radius 3 is 2.59 bits per heavy atom. The van der Waals surface area contributed by atoms with Crippen molar-refractivity contribution in [3.05, 3.63) is 64.7 Å². The van der Waals surface area contributed by atoms with E-state index in [1.165, 1.54) is 18.3 Å². The van der Waals surface area contributed by atoms with Crippen LogP contribution in [0.3, 0.4) is 0 Å². The largest absolute Gasteiger partial charge is 0.288 e. The molecular weight excluding hydrogens is 217 g/mol. The van der Waals surface area contributed by atoms with E-state index >= 15 is 0 Å². The first-order valence-corrected chi connectivity index (χ1v) is 5.31. The van der Waals surface area contributed by atoms with Crippen LogP contribution in [0.1, 0.15) is 27.0 Å². The third-order valence-electron chi connectivity index (χ3n) is 2.65. The summed E-state index contributed by atoms with van der Waals surface area (Å²) >= 11 is 0. The number of hydrogen-bond donors (Lipinski definition) is 0. The van der Waals surface area contributed by atoms with Gasteiger partial charge < -0.3 is 0 Å². The molecule has 0 N–H and O–H groups in total. The Hall–Kier alpha value is -2.03. The van der Waals surface area contributed by atoms with E-state index in [1.807, 2.05) is 0 Å². The van der Waals surface area contributed by atoms with Gasteiger partial charge in [-0.2, -0.15) is 0 Å². The van der Waals surface area contributed by atoms with E-state index in [0.29, 0.717) is 5.56 Å². The summed E-state index contributed by atoms with van der Waals surface area (Å²) in [4.78, 5) is 16.0. The fourth-order valence-corrected chi connectivity index (χ4v) is 1.65. The lowest BCUT2D eigenvalue weighted by Gasteiger charge is -2.05. The van der Waals surface area contributed by atoms with E-state index in [9.17, 15) is 9.18 Å². The van der Waals surface area contributed by atoms with Gasteiger partial charge in [-0.1, -0.05) is 6.07 Å². The molecule has 0 aliphatic heterocycles. The summed E-state index contributed by atoms with van der Waals surface area (Å²) in [5, 5.41) is 0. The summed E-state index contributed by atoms with van der Waals surface area (Å²) < 4.78 is 13.7. The van der Waals surface area contributed by atoms with Crippen LogP contribution in [-0.2, 0) is 0 Å². The Labute approximate surface area is 99.1 Å². The van der Waals surface area contributed by atoms with Gasteiger partial charge in [0.1, 0.15) is 5.82 Å². The molecule has 1 aromatic heterocycles. The lowest BCUT2D eigenvalue weighted by Crippen LogP contribution is -2.06. The maximum atomic E-state index is 13.7. The zero-order valence-corrected chi connectivity index (χ0v) is 9.70. The van der Waals surface area contributed by atoms with E-state index in [1.54, 1.807) is 32.2 Å². The van der Waals surface area contributed by atoms with Gasteiger partial charge in [-0.3, -0.25) is 9.78 Å². The van der Waals surface area contributed by atoms with Crippen LogP contribution in [0, 0.1) is 19.7 Å². The van der Waals surface area contributed by atoms with Crippen molar-refractivity contribution in [3.63, 3.8) is 0 Å². The molecule has 2 nitrogen and oxygen atoms in total. The van der Waals surface area contributed by atoms with Crippen LogP contribution >= 0.6 is 0 Å². The highest BCUT2D eigenvalue weighted by Gasteiger charge is 2.15. The molecule has 0 amide bonds. The normalized spacial score (nSPS) is 10.3. The van der Waals surface area contributed by atoms with Crippen molar-refractivity contribution in [3.8, 4) is 0 Å². The molecule has 0 radical (unpaired) electrons. The monoisotopic (exact) mass is 229 g/mol. The van der Waals surface area contributed by atoms with Crippen LogP contribution in [0.5, 0.6) is 0 Å². The van der Waals surface area contributed by atoms with Gasteiger partial charge in [-0.15, -0.1) is 0 Å². The molecule has 1 aromatic carbocycles. The lowest BCUT2D eigenvalue weighted by atomic mass is 10.00. The Kier molecular flexibility index (Phi) is 3.00. The van der Waals surface area contributed by atoms with Crippen LogP contribution in [0.25, 0.3) is 0 Å². The minimum atomic E-state index is -0.488. The molecule has 0 aliphatic rings. The lowest BCUT2D eigenvalue weighted by molar-refractivity contribution is 0.103. The van der Waals surface area contributed by atoms with Gasteiger partial charge in [-0.25, -0.2) is 4.39 Å². The highest BCUT2D eigenvalue weighted by atomic mass is 19.1. The fourth-order valence-electron chi connectivity index (χ4n) is 1.65. The van der Waals surface area contributed by atoms with Crippen molar-refractivity contribution in [2.24, 2.45) is 0 Å². The standard InChI is InChI=1S/C14H12FNO/c1-9-3-4-11(13(15)7-9)14(17)12-8-16-6-5-10(12)2/h3-8H,1-2H3. The Bertz CT molecular complexity index is 578. The van der Waals surface area contributed by atoms with Crippen molar-refractivity contribution in [1.29, 1.82) is 0 Å². The van der Waals surface area contributed by atoms with Crippen molar-refractivity contribution in [2.45, 2.75) is 13.8 Å². The maximum absolute atomic E-state index is 13.7. The van der Waals surface area contributed by atoms with Gasteiger partial charge >= 0.3 is 0 Å². The van der Waals surface area contributed by atoms with Gasteiger partial charge in [0, 0.05) is 18.0 Å². The number of pyridine rings is 1. The van der Waals surface area contributed by atoms with E-state index < -0.39 is 5.82 Å². The molecule has 0 aliphatic carbocycles. The van der Waals surface area contributed by atoms with Gasteiger partial charge in [0.05, 0.1) is 5.56 Å². The van der Waals surface area contributed by atoms with Gasteiger partial charge in [-0.05, 0) is 43.2 Å². The zero-order chi connectivity index (χ0) is 12.4. The second kappa shape index (κ2) is 4.45. The average molecular weight is 229 g/mol. The maximum Gasteiger partial charge on any atom is 0.197 e. The third-order valence-corrected chi connectivity index (χ3v) is 2.65. The molecule has 86 valence electrons. The number of hydrogen-bond acceptors (Lipinski definition) is 2. The molecule has 0 saturated heterocycles. The predicted octanol–water partition coefficient (Wildman–Crippen LogP) is 3.07. The van der Waals surface area contributed by atoms with E-state index in [4.69, 9.17) is 0 Å². The summed E-state index contributed by atoms with van der Waals surface area (Å²) in [6, 6.07) is 6.33. The molecule has 1 heterocycles. The first kappa shape index (κ1) is 11.5. The predicted molar refractivity (Wildman–Crippen MR) is 63.5 cm³/mol. The third kappa shape index (κ3) is 2.23. The number of aromatic nitrogens is 1. The Balaban J connectivity index is 2.48. The summed E-state index contributed by atoms with van der Waals surface area (Å²) in [6.45, 7) is 3.59. The van der Waals surface area contributed by atoms with Crippen molar-refractivity contribution < 1.29 is 9.18 Å². The minimum Gasteiger partial charge on any atom is -0.288 e. The van der Waals surface area contributed by atoms with Crippen LogP contribution in [-0.4, -0.2) is 10.8 Å². The molecular formula is C14H12FNO. The number of carbonyl (C=O) groups excluding carboxylic acids is 1. The first-order valence-electron chi connectivity index (χ1n) is 5.31. The molecule has 2 aromatic rings. The topological polar surface area (TPSA) is 30.0 Å². The second-order valence-electron chi connectivity index (χ2n) is 4.00. The summed E-state index contributed by atoms with van der Waals surface area (Å²) in [5.41, 5.74) is 2.12. The molecule has 0 atom stereocenters. The van der Waals surface area contributed by atoms with Crippen molar-refractivity contribution in [1.82, 2.24) is 4.98 Å². The average Bonchev–Trinajstić information content (AvgIpc) is 2.29. The van der Waals surface area contributed by atoms with E-state index in [2.05, 4.69) is 4.98 Å². The first-order chi connectivity index (χ1) is 8.09. The minimum absolute atomic E-state index is 0.0895. The van der Waals surface area contributed by atoms with Gasteiger partial charge in [0.2, 0.25) is 0 Å². The van der Waals surface area contributed by atoms with Gasteiger partial charge in [0.15, 0.2) is 5.78 Å². The smallest absolute Gasteiger partial charge is 0.197 e. The van der Waals surface area contributed by atoms with Crippen LogP contribution in [0.4, 0.5) is 4.39 Å². The van der Waals surface area contributed by atoms with Crippen LogP contribution < -0.4 is 0 Å². The summed E-state index contributed by atoms with van der Waals surface area (Å²) in [5.74, 6) is -0.814. The fraction of sp³-hybridized carbons (Fsp3) is 0.143. The molecule has 0 spiro atoms. The number of carbonyl (C=O) groups is 1. The van der Waals surface area contributed by atoms with E-state index in [-0.39, 0.29) is 11.3 Å². The highest BCUT2D eigenvalue weighted by molar-refractivity contribution is 6.09. The van der Waals surface area contributed by atoms with Crippen molar-refractivity contribution in [2.75, 3.05) is 0 Å². The molecule has 0 fully saturated rings. The molecule has 0 bridgehead atoms. The number of benzene rings is 1. The van der Waals surface area contributed by atoms with E-state index in [0.717, 1.165) is 11.1 Å². The van der Waals surface area contributed by atoms with Crippen molar-refractivity contribution >= 4 is 5.78 Å². The van der Waals surface area contributed by atoms with Crippen LogP contribution in [0.2, 0.25) is 0 Å². The number of halogens is 1. The second-order valence-corrected chi connectivity index (χ2v) is 4.00. The quantitative estimate of drug-likeness (QED) is 0.741.